The van der Waals surface area contributed by atoms with Crippen molar-refractivity contribution in [1.82, 2.24) is 34.3 Å². The van der Waals surface area contributed by atoms with E-state index in [-0.39, 0.29) is 5.56 Å². The topological polar surface area (TPSA) is 154 Å². The van der Waals surface area contributed by atoms with Crippen LogP contribution in [-0.4, -0.2) is 56.2 Å². The molecule has 0 atom stereocenters. The summed E-state index contributed by atoms with van der Waals surface area (Å²) in [6, 6.07) is 3.85. The summed E-state index contributed by atoms with van der Waals surface area (Å²) >= 11 is 3.46. The molecule has 12 nitrogen and oxygen atoms in total. The lowest BCUT2D eigenvalue weighted by Crippen LogP contribution is -2.24. The highest BCUT2D eigenvalue weighted by Crippen LogP contribution is 2.28. The Bertz CT molecular complexity index is 1580. The van der Waals surface area contributed by atoms with Crippen LogP contribution >= 0.6 is 15.9 Å². The van der Waals surface area contributed by atoms with Gasteiger partial charge in [-0.1, -0.05) is 31.0 Å². The van der Waals surface area contributed by atoms with Gasteiger partial charge in [-0.2, -0.15) is 18.2 Å². The number of aliphatic carboxylic acids is 1. The van der Waals surface area contributed by atoms with Gasteiger partial charge in [-0.15, -0.1) is 10.2 Å². The number of carbonyl (C=O) groups is 1. The second-order valence-corrected chi connectivity index (χ2v) is 9.74. The van der Waals surface area contributed by atoms with Gasteiger partial charge in [-0.25, -0.2) is 14.2 Å². The van der Waals surface area contributed by atoms with Crippen LogP contribution in [0.4, 0.5) is 19.0 Å². The molecule has 0 fully saturated rings. The van der Waals surface area contributed by atoms with Crippen molar-refractivity contribution in [1.29, 1.82) is 0 Å². The summed E-state index contributed by atoms with van der Waals surface area (Å²) in [5, 5.41) is 19.9. The lowest BCUT2D eigenvalue weighted by molar-refractivity contribution is -0.192. The largest absolute Gasteiger partial charge is 0.490 e. The van der Waals surface area contributed by atoms with E-state index >= 15 is 0 Å². The standard InChI is InChI=1S/C22H23BrN8O2.C2HF3O2/c1-2-3-4-10-30-20-15(12-16(23)25-20)21(32)31-18(27-28-22(30)31)7-8-19-26-17(29-33-19)11-14-6-5-9-24-13-14;3-2(4,5)1(6)7/h5-6,9,13H,2-4,7-8,10-12H2,1H3;(H,6,7). The second-order valence-electron chi connectivity index (χ2n) is 8.83. The van der Waals surface area contributed by atoms with Crippen molar-refractivity contribution in [2.75, 3.05) is 0 Å². The lowest BCUT2D eigenvalue weighted by Gasteiger charge is -2.12. The highest BCUT2D eigenvalue weighted by molar-refractivity contribution is 9.18. The van der Waals surface area contributed by atoms with Crippen LogP contribution in [0.3, 0.4) is 0 Å². The van der Waals surface area contributed by atoms with Gasteiger partial charge in [0.15, 0.2) is 5.82 Å². The van der Waals surface area contributed by atoms with E-state index < -0.39 is 12.1 Å². The molecule has 0 unspecified atom stereocenters. The summed E-state index contributed by atoms with van der Waals surface area (Å²) in [5.41, 5.74) is 1.57. The predicted molar refractivity (Wildman–Crippen MR) is 139 cm³/mol. The van der Waals surface area contributed by atoms with Crippen LogP contribution in [0.15, 0.2) is 38.8 Å². The molecule has 40 heavy (non-hydrogen) atoms. The van der Waals surface area contributed by atoms with Crippen molar-refractivity contribution < 1.29 is 27.6 Å². The molecule has 0 bridgehead atoms. The van der Waals surface area contributed by atoms with Crippen LogP contribution < -0.4 is 5.56 Å². The number of alkyl halides is 3. The molecular formula is C24H24BrF3N8O4. The Morgan fingerprint density at radius 2 is 2.00 bits per heavy atom. The van der Waals surface area contributed by atoms with Crippen molar-refractivity contribution in [3.05, 3.63) is 63.5 Å². The maximum atomic E-state index is 13.3. The Morgan fingerprint density at radius 1 is 1.23 bits per heavy atom. The van der Waals surface area contributed by atoms with E-state index in [4.69, 9.17) is 14.4 Å². The molecule has 1 N–H and O–H groups in total. The number of unbranched alkanes of at least 4 members (excludes halogenated alkanes) is 2. The SMILES string of the molecule is CCCCCn1c2c(c(=O)n3c(CCc4nc(Cc5cccnc5)no4)nnc13)CC(Br)=N2.O=C(O)C(F)(F)F. The first-order valence-corrected chi connectivity index (χ1v) is 13.1. The number of aromatic nitrogens is 7. The smallest absolute Gasteiger partial charge is 0.475 e. The van der Waals surface area contributed by atoms with Gasteiger partial charge in [-0.3, -0.25) is 14.3 Å². The molecule has 0 radical (unpaired) electrons. The third-order valence-electron chi connectivity index (χ3n) is 5.88. The number of fused-ring (bicyclic) bond motifs is 2. The Morgan fingerprint density at radius 3 is 2.67 bits per heavy atom. The van der Waals surface area contributed by atoms with Crippen molar-refractivity contribution in [3.63, 3.8) is 0 Å². The minimum Gasteiger partial charge on any atom is -0.475 e. The molecule has 4 aromatic rings. The summed E-state index contributed by atoms with van der Waals surface area (Å²) in [6.45, 7) is 2.90. The maximum Gasteiger partial charge on any atom is 0.490 e. The molecule has 4 aromatic heterocycles. The average molecular weight is 625 g/mol. The molecule has 5 rings (SSSR count). The van der Waals surface area contributed by atoms with Gasteiger partial charge in [0.25, 0.3) is 5.56 Å². The average Bonchev–Trinajstić information content (AvgIpc) is 3.64. The number of halogens is 4. The summed E-state index contributed by atoms with van der Waals surface area (Å²) in [4.78, 5) is 35.3. The number of hydrogen-bond donors (Lipinski definition) is 1. The molecule has 0 saturated carbocycles. The molecule has 212 valence electrons. The Balaban J connectivity index is 0.000000470. The second kappa shape index (κ2) is 12.5. The minimum absolute atomic E-state index is 0.118. The number of carboxylic acids is 1. The summed E-state index contributed by atoms with van der Waals surface area (Å²) < 4.78 is 41.5. The predicted octanol–water partition coefficient (Wildman–Crippen LogP) is 3.85. The first kappa shape index (κ1) is 29.0. The molecule has 1 aliphatic heterocycles. The molecular weight excluding hydrogens is 601 g/mol. The van der Waals surface area contributed by atoms with Crippen LogP contribution in [0, 0.1) is 0 Å². The number of carboxylic acid groups (broad SMARTS) is 1. The third kappa shape index (κ3) is 6.78. The Kier molecular flexibility index (Phi) is 9.07. The van der Waals surface area contributed by atoms with Crippen molar-refractivity contribution in [3.8, 4) is 0 Å². The van der Waals surface area contributed by atoms with Gasteiger partial charge in [0.2, 0.25) is 11.7 Å². The summed E-state index contributed by atoms with van der Waals surface area (Å²) in [6.07, 6.45) is 3.57. The van der Waals surface area contributed by atoms with Gasteiger partial charge < -0.3 is 9.63 Å². The summed E-state index contributed by atoms with van der Waals surface area (Å²) in [5.74, 6) is 0.137. The Hall–Kier alpha value is -3.95. The quantitative estimate of drug-likeness (QED) is 0.273. The van der Waals surface area contributed by atoms with E-state index in [0.717, 1.165) is 36.0 Å². The first-order valence-electron chi connectivity index (χ1n) is 12.3. The fourth-order valence-electron chi connectivity index (χ4n) is 4.02. The molecule has 0 aromatic carbocycles. The number of nitrogens with zero attached hydrogens (tertiary/aromatic N) is 8. The maximum absolute atomic E-state index is 13.3. The Labute approximate surface area is 233 Å². The van der Waals surface area contributed by atoms with E-state index in [2.05, 4.69) is 53.2 Å². The van der Waals surface area contributed by atoms with E-state index in [1.165, 1.54) is 0 Å². The van der Waals surface area contributed by atoms with E-state index in [1.807, 2.05) is 16.7 Å². The molecule has 1 aliphatic rings. The first-order chi connectivity index (χ1) is 19.1. The van der Waals surface area contributed by atoms with Crippen LogP contribution in [0.5, 0.6) is 0 Å². The van der Waals surface area contributed by atoms with Gasteiger partial charge in [0, 0.05) is 44.6 Å². The zero-order valence-corrected chi connectivity index (χ0v) is 22.8. The van der Waals surface area contributed by atoms with E-state index in [9.17, 15) is 18.0 Å². The van der Waals surface area contributed by atoms with Crippen LogP contribution in [0.2, 0.25) is 0 Å². The lowest BCUT2D eigenvalue weighted by atomic mass is 10.2. The molecule has 0 amide bonds. The van der Waals surface area contributed by atoms with E-state index in [1.54, 1.807) is 16.8 Å². The third-order valence-corrected chi connectivity index (χ3v) is 6.33. The number of aryl methyl sites for hydroxylation is 3. The van der Waals surface area contributed by atoms with Gasteiger partial charge in [0.05, 0.1) is 10.2 Å². The number of pyridine rings is 1. The number of aliphatic imine (C=N–C) groups is 1. The van der Waals surface area contributed by atoms with Gasteiger partial charge in [-0.05, 0) is 34.0 Å². The molecule has 0 saturated heterocycles. The zero-order valence-electron chi connectivity index (χ0n) is 21.2. The van der Waals surface area contributed by atoms with Crippen LogP contribution in [0.1, 0.15) is 54.9 Å². The highest BCUT2D eigenvalue weighted by atomic mass is 79.9. The van der Waals surface area contributed by atoms with Crippen molar-refractivity contribution >= 4 is 38.1 Å². The monoisotopic (exact) mass is 624 g/mol. The molecule has 0 aliphatic carbocycles. The van der Waals surface area contributed by atoms with Crippen LogP contribution in [-0.2, 0) is 37.0 Å². The van der Waals surface area contributed by atoms with Crippen molar-refractivity contribution in [2.45, 2.75) is 64.6 Å². The van der Waals surface area contributed by atoms with Crippen LogP contribution in [0.25, 0.3) is 5.78 Å². The van der Waals surface area contributed by atoms with E-state index in [0.29, 0.717) is 60.4 Å². The molecule has 0 spiro atoms. The number of hydrogen-bond acceptors (Lipinski definition) is 9. The van der Waals surface area contributed by atoms with Crippen molar-refractivity contribution in [2.24, 2.45) is 4.99 Å². The minimum atomic E-state index is -5.08. The highest BCUT2D eigenvalue weighted by Gasteiger charge is 2.38. The fourth-order valence-corrected chi connectivity index (χ4v) is 4.46. The fraction of sp³-hybridized carbons (Fsp3) is 0.417. The molecule has 16 heteroatoms. The molecule has 5 heterocycles. The summed E-state index contributed by atoms with van der Waals surface area (Å²) in [7, 11) is 0. The van der Waals surface area contributed by atoms with Gasteiger partial charge in [0.1, 0.15) is 11.6 Å². The number of rotatable bonds is 9. The van der Waals surface area contributed by atoms with Gasteiger partial charge >= 0.3 is 12.1 Å². The normalized spacial score (nSPS) is 12.7. The zero-order chi connectivity index (χ0) is 28.9.